The number of nitrogens with two attached hydrogens (primary N) is 1. The van der Waals surface area contributed by atoms with Gasteiger partial charge in [-0.3, -0.25) is 10.1 Å². The molecule has 2 aliphatic heterocycles. The van der Waals surface area contributed by atoms with E-state index in [0.29, 0.717) is 12.5 Å². The van der Waals surface area contributed by atoms with Crippen molar-refractivity contribution in [2.75, 3.05) is 24.1 Å². The van der Waals surface area contributed by atoms with Gasteiger partial charge in [-0.15, -0.1) is 0 Å². The number of nitrogens with one attached hydrogen (secondary N) is 1. The van der Waals surface area contributed by atoms with Gasteiger partial charge in [-0.2, -0.15) is 5.10 Å². The van der Waals surface area contributed by atoms with Gasteiger partial charge in [-0.25, -0.2) is 27.0 Å². The summed E-state index contributed by atoms with van der Waals surface area (Å²) in [6.45, 7) is -0.475. The lowest BCUT2D eigenvalue weighted by Gasteiger charge is -2.45. The first-order valence-corrected chi connectivity index (χ1v) is 11.2. The van der Waals surface area contributed by atoms with E-state index in [-0.39, 0.29) is 41.3 Å². The lowest BCUT2D eigenvalue weighted by Crippen LogP contribution is -2.54. The predicted octanol–water partition coefficient (Wildman–Crippen LogP) is 4.42. The van der Waals surface area contributed by atoms with E-state index >= 15 is 4.39 Å². The molecule has 36 heavy (non-hydrogen) atoms. The number of rotatable bonds is 3. The zero-order chi connectivity index (χ0) is 25.8. The second-order valence-electron chi connectivity index (χ2n) is 8.54. The number of hydrogen-bond acceptors (Lipinski definition) is 5. The van der Waals surface area contributed by atoms with Gasteiger partial charge in [0.2, 0.25) is 5.91 Å². The fourth-order valence-electron chi connectivity index (χ4n) is 4.64. The van der Waals surface area contributed by atoms with Crippen molar-refractivity contribution in [1.82, 2.24) is 14.7 Å². The van der Waals surface area contributed by atoms with E-state index in [0.717, 1.165) is 16.8 Å². The molecular formula is C23H18ClF4N5O3. The van der Waals surface area contributed by atoms with E-state index in [2.05, 4.69) is 10.4 Å². The minimum atomic E-state index is -1.48. The van der Waals surface area contributed by atoms with Gasteiger partial charge in [-0.05, 0) is 37.1 Å². The SMILES string of the molecule is Nc1c(F)c(-c2ccc(F)cc2F)nn1CC(=O)N1CCC[C@@]2(C1)OC(=O)Nc1ccc(Cl)c(F)c12. The molecular weight excluding hydrogens is 506 g/mol. The quantitative estimate of drug-likeness (QED) is 0.495. The second kappa shape index (κ2) is 8.70. The number of aromatic nitrogens is 2. The van der Waals surface area contributed by atoms with Crippen LogP contribution in [0.1, 0.15) is 18.4 Å². The number of piperidine rings is 1. The Kier molecular flexibility index (Phi) is 5.78. The maximum atomic E-state index is 15.0. The molecule has 3 aromatic rings. The highest BCUT2D eigenvalue weighted by molar-refractivity contribution is 6.31. The number of nitrogen functional groups attached to an aromatic ring is 1. The molecule has 0 radical (unpaired) electrons. The molecule has 2 aliphatic rings. The molecule has 1 aromatic heterocycles. The number of benzene rings is 2. The summed E-state index contributed by atoms with van der Waals surface area (Å²) in [6, 6.07) is 5.28. The Morgan fingerprint density at radius 2 is 1.97 bits per heavy atom. The van der Waals surface area contributed by atoms with E-state index < -0.39 is 58.9 Å². The monoisotopic (exact) mass is 523 g/mol. The number of carbonyl (C=O) groups excluding carboxylic acids is 2. The summed E-state index contributed by atoms with van der Waals surface area (Å²) in [7, 11) is 0. The molecule has 188 valence electrons. The van der Waals surface area contributed by atoms with Gasteiger partial charge in [-0.1, -0.05) is 11.6 Å². The first-order valence-electron chi connectivity index (χ1n) is 10.8. The van der Waals surface area contributed by atoms with Crippen LogP contribution in [0.5, 0.6) is 0 Å². The number of hydrogen-bond donors (Lipinski definition) is 2. The summed E-state index contributed by atoms with van der Waals surface area (Å²) in [5.74, 6) is -4.83. The smallest absolute Gasteiger partial charge is 0.412 e. The number of nitrogens with zero attached hydrogens (tertiary/aromatic N) is 3. The van der Waals surface area contributed by atoms with E-state index in [9.17, 15) is 22.8 Å². The number of halogens is 5. The zero-order valence-corrected chi connectivity index (χ0v) is 19.2. The standard InChI is InChI=1S/C23H18ClF4N5O3/c24-13-4-5-15-17(18(13)27)23(36-22(35)30-15)6-1-7-32(10-23)16(34)9-33-21(29)19(28)20(31-33)12-3-2-11(25)8-14(12)26/h2-5,8H,1,6-7,9-10,29H2,(H,30,35)/t23-/m0/s1. The van der Waals surface area contributed by atoms with Gasteiger partial charge in [0.05, 0.1) is 22.8 Å². The minimum Gasteiger partial charge on any atom is -0.436 e. The fourth-order valence-corrected chi connectivity index (χ4v) is 4.80. The summed E-state index contributed by atoms with van der Waals surface area (Å²) in [5, 5.41) is 6.18. The van der Waals surface area contributed by atoms with E-state index in [4.69, 9.17) is 22.1 Å². The molecule has 5 rings (SSSR count). The number of ether oxygens (including phenoxy) is 1. The van der Waals surface area contributed by atoms with E-state index in [1.165, 1.54) is 17.0 Å². The van der Waals surface area contributed by atoms with Crippen molar-refractivity contribution < 1.29 is 31.9 Å². The largest absolute Gasteiger partial charge is 0.436 e. The normalized spacial score (nSPS) is 19.1. The van der Waals surface area contributed by atoms with Crippen LogP contribution in [0.4, 0.5) is 33.9 Å². The van der Waals surface area contributed by atoms with Gasteiger partial charge >= 0.3 is 6.09 Å². The number of fused-ring (bicyclic) bond motifs is 2. The lowest BCUT2D eigenvalue weighted by atomic mass is 9.83. The second-order valence-corrected chi connectivity index (χ2v) is 8.95. The molecule has 1 fully saturated rings. The summed E-state index contributed by atoms with van der Waals surface area (Å²) in [6.07, 6.45) is -0.205. The molecule has 1 saturated heterocycles. The maximum Gasteiger partial charge on any atom is 0.412 e. The highest BCUT2D eigenvalue weighted by Gasteiger charge is 2.48. The molecule has 13 heteroatoms. The fraction of sp³-hybridized carbons (Fsp3) is 0.261. The summed E-state index contributed by atoms with van der Waals surface area (Å²) < 4.78 is 63.6. The van der Waals surface area contributed by atoms with Crippen LogP contribution in [0.2, 0.25) is 5.02 Å². The molecule has 3 heterocycles. The van der Waals surface area contributed by atoms with Crippen molar-refractivity contribution in [2.45, 2.75) is 25.0 Å². The molecule has 1 atom stereocenters. The Bertz CT molecular complexity index is 1410. The number of amides is 2. The third-order valence-corrected chi connectivity index (χ3v) is 6.58. The Hall–Kier alpha value is -3.80. The van der Waals surface area contributed by atoms with Crippen LogP contribution in [0.15, 0.2) is 30.3 Å². The van der Waals surface area contributed by atoms with Crippen molar-refractivity contribution >= 4 is 35.1 Å². The molecule has 3 N–H and O–H groups in total. The van der Waals surface area contributed by atoms with Crippen LogP contribution >= 0.6 is 11.6 Å². The first kappa shape index (κ1) is 23.9. The molecule has 0 unspecified atom stereocenters. The first-order chi connectivity index (χ1) is 17.1. The average Bonchev–Trinajstić information content (AvgIpc) is 3.09. The highest BCUT2D eigenvalue weighted by atomic mass is 35.5. The Balaban J connectivity index is 1.43. The number of anilines is 2. The third-order valence-electron chi connectivity index (χ3n) is 6.29. The van der Waals surface area contributed by atoms with Crippen molar-refractivity contribution in [2.24, 2.45) is 0 Å². The lowest BCUT2D eigenvalue weighted by molar-refractivity contribution is -0.140. The molecule has 0 bridgehead atoms. The van der Waals surface area contributed by atoms with Gasteiger partial charge in [0.25, 0.3) is 0 Å². The summed E-state index contributed by atoms with van der Waals surface area (Å²) >= 11 is 5.96. The van der Waals surface area contributed by atoms with Crippen LogP contribution < -0.4 is 11.1 Å². The highest BCUT2D eigenvalue weighted by Crippen LogP contribution is 2.45. The average molecular weight is 524 g/mol. The van der Waals surface area contributed by atoms with Crippen LogP contribution in [0, 0.1) is 23.3 Å². The molecule has 8 nitrogen and oxygen atoms in total. The topological polar surface area (TPSA) is 102 Å². The van der Waals surface area contributed by atoms with Gasteiger partial charge in [0.15, 0.2) is 23.1 Å². The van der Waals surface area contributed by atoms with E-state index in [1.54, 1.807) is 0 Å². The van der Waals surface area contributed by atoms with Crippen molar-refractivity contribution in [1.29, 1.82) is 0 Å². The predicted molar refractivity (Wildman–Crippen MR) is 121 cm³/mol. The Morgan fingerprint density at radius 3 is 2.72 bits per heavy atom. The number of carbonyl (C=O) groups is 2. The summed E-state index contributed by atoms with van der Waals surface area (Å²) in [5.41, 5.74) is 3.70. The zero-order valence-electron chi connectivity index (χ0n) is 18.5. The van der Waals surface area contributed by atoms with Crippen LogP contribution in [0.3, 0.4) is 0 Å². The Morgan fingerprint density at radius 1 is 1.19 bits per heavy atom. The van der Waals surface area contributed by atoms with Crippen LogP contribution in [-0.2, 0) is 21.7 Å². The molecule has 2 aromatic carbocycles. The van der Waals surface area contributed by atoms with Crippen molar-refractivity contribution in [3.05, 3.63) is 64.2 Å². The van der Waals surface area contributed by atoms with Gasteiger partial charge < -0.3 is 15.4 Å². The molecule has 0 aliphatic carbocycles. The molecule has 1 spiro atoms. The maximum absolute atomic E-state index is 15.0. The minimum absolute atomic E-state index is 0.0332. The van der Waals surface area contributed by atoms with Gasteiger partial charge in [0.1, 0.15) is 23.9 Å². The van der Waals surface area contributed by atoms with Crippen LogP contribution in [-0.4, -0.2) is 39.8 Å². The third kappa shape index (κ3) is 3.91. The van der Waals surface area contributed by atoms with Crippen LogP contribution in [0.25, 0.3) is 11.3 Å². The Labute approximate surface area is 206 Å². The molecule has 2 amide bonds. The molecule has 0 saturated carbocycles. The van der Waals surface area contributed by atoms with Crippen molar-refractivity contribution in [3.63, 3.8) is 0 Å². The number of likely N-dealkylation sites (tertiary alicyclic amines) is 1. The van der Waals surface area contributed by atoms with E-state index in [1.807, 2.05) is 0 Å². The van der Waals surface area contributed by atoms with Gasteiger partial charge in [0, 0.05) is 18.2 Å². The van der Waals surface area contributed by atoms with Crippen molar-refractivity contribution in [3.8, 4) is 11.3 Å². The summed E-state index contributed by atoms with van der Waals surface area (Å²) in [4.78, 5) is 26.7.